The van der Waals surface area contributed by atoms with Crippen molar-refractivity contribution >= 4 is 0 Å². The highest BCUT2D eigenvalue weighted by Crippen LogP contribution is 2.35. The lowest BCUT2D eigenvalue weighted by Gasteiger charge is -2.32. The molecule has 62 valence electrons. The number of rotatable bonds is 2. The first-order valence-electron chi connectivity index (χ1n) is 3.73. The zero-order chi connectivity index (χ0) is 9.12. The minimum Gasteiger partial charge on any atom is -0.208 e. The molecule has 0 spiro atoms. The predicted molar refractivity (Wildman–Crippen MR) is 43.2 cm³/mol. The van der Waals surface area contributed by atoms with Crippen LogP contribution in [0.25, 0.3) is 0 Å². The maximum Gasteiger partial charge on any atom is 0.171 e. The Morgan fingerprint density at radius 1 is 1.45 bits per heavy atom. The summed E-state index contributed by atoms with van der Waals surface area (Å²) in [4.78, 5) is 0. The molecule has 0 aliphatic carbocycles. The van der Waals surface area contributed by atoms with Gasteiger partial charge in [-0.2, -0.15) is 10.4 Å². The molecule has 1 atom stereocenters. The van der Waals surface area contributed by atoms with E-state index in [0.29, 0.717) is 6.42 Å². The average molecular weight is 153 g/mol. The molecule has 3 nitrogen and oxygen atoms in total. The molecule has 0 saturated heterocycles. The zero-order valence-corrected chi connectivity index (χ0v) is 7.60. The van der Waals surface area contributed by atoms with Crippen LogP contribution in [-0.4, -0.2) is 5.54 Å². The van der Waals surface area contributed by atoms with E-state index in [0.717, 1.165) is 0 Å². The van der Waals surface area contributed by atoms with Gasteiger partial charge in [-0.25, -0.2) is 5.53 Å². The summed E-state index contributed by atoms with van der Waals surface area (Å²) in [6, 6.07) is 2.10. The van der Waals surface area contributed by atoms with Crippen molar-refractivity contribution in [2.75, 3.05) is 0 Å². The first-order valence-corrected chi connectivity index (χ1v) is 3.73. The van der Waals surface area contributed by atoms with E-state index >= 15 is 0 Å². The van der Waals surface area contributed by atoms with Gasteiger partial charge in [0.15, 0.2) is 5.54 Å². The summed E-state index contributed by atoms with van der Waals surface area (Å²) in [5.74, 6) is 0. The van der Waals surface area contributed by atoms with Crippen molar-refractivity contribution in [2.45, 2.75) is 39.7 Å². The molecule has 0 heterocycles. The van der Waals surface area contributed by atoms with Crippen LogP contribution in [0, 0.1) is 22.3 Å². The van der Waals surface area contributed by atoms with Gasteiger partial charge in [0.2, 0.25) is 0 Å². The minimum atomic E-state index is -0.840. The zero-order valence-electron chi connectivity index (χ0n) is 7.60. The Kier molecular flexibility index (Phi) is 2.75. The van der Waals surface area contributed by atoms with Gasteiger partial charge in [-0.15, -0.1) is 0 Å². The molecule has 0 amide bonds. The van der Waals surface area contributed by atoms with E-state index in [1.807, 2.05) is 27.7 Å². The summed E-state index contributed by atoms with van der Waals surface area (Å²) in [6.07, 6.45) is 0.594. The van der Waals surface area contributed by atoms with Crippen molar-refractivity contribution in [3.05, 3.63) is 0 Å². The Bertz CT molecular complexity index is 184. The minimum absolute atomic E-state index is 0.252. The fourth-order valence-electron chi connectivity index (χ4n) is 1.05. The molecular weight excluding hydrogens is 138 g/mol. The number of nitrogens with zero attached hydrogens (tertiary/aromatic N) is 2. The Morgan fingerprint density at radius 3 is 1.91 bits per heavy atom. The van der Waals surface area contributed by atoms with E-state index in [1.54, 1.807) is 0 Å². The molecule has 0 saturated carbocycles. The van der Waals surface area contributed by atoms with E-state index in [2.05, 4.69) is 11.2 Å². The maximum absolute atomic E-state index is 8.85. The summed E-state index contributed by atoms with van der Waals surface area (Å²) >= 11 is 0. The third-order valence-electron chi connectivity index (χ3n) is 2.13. The highest BCUT2D eigenvalue weighted by Gasteiger charge is 2.40. The molecule has 0 rings (SSSR count). The van der Waals surface area contributed by atoms with Gasteiger partial charge in [-0.05, 0) is 6.42 Å². The lowest BCUT2D eigenvalue weighted by Crippen LogP contribution is -2.38. The molecular formula is C8H15N3. The summed E-state index contributed by atoms with van der Waals surface area (Å²) in [7, 11) is 0. The Labute approximate surface area is 67.9 Å². The second-order valence-corrected chi connectivity index (χ2v) is 3.69. The van der Waals surface area contributed by atoms with Crippen LogP contribution >= 0.6 is 0 Å². The molecule has 0 aromatic rings. The van der Waals surface area contributed by atoms with Crippen molar-refractivity contribution < 1.29 is 0 Å². The van der Waals surface area contributed by atoms with Crippen LogP contribution in [0.1, 0.15) is 34.1 Å². The molecule has 1 unspecified atom stereocenters. The van der Waals surface area contributed by atoms with Crippen LogP contribution in [-0.2, 0) is 0 Å². The van der Waals surface area contributed by atoms with Crippen LogP contribution in [0.2, 0.25) is 0 Å². The first-order chi connectivity index (χ1) is 4.93. The summed E-state index contributed by atoms with van der Waals surface area (Å²) in [5.41, 5.74) is 5.87. The van der Waals surface area contributed by atoms with Crippen molar-refractivity contribution in [3.8, 4) is 6.07 Å². The van der Waals surface area contributed by atoms with E-state index in [-0.39, 0.29) is 5.41 Å². The smallest absolute Gasteiger partial charge is 0.171 e. The predicted octanol–water partition coefficient (Wildman–Crippen LogP) is 2.74. The lowest BCUT2D eigenvalue weighted by atomic mass is 9.73. The molecule has 0 aliphatic heterocycles. The highest BCUT2D eigenvalue weighted by atomic mass is 15.0. The van der Waals surface area contributed by atoms with Gasteiger partial charge >= 0.3 is 0 Å². The number of hydrogen-bond acceptors (Lipinski definition) is 3. The third-order valence-corrected chi connectivity index (χ3v) is 2.13. The van der Waals surface area contributed by atoms with Gasteiger partial charge in [0.1, 0.15) is 0 Å². The molecule has 0 aromatic heterocycles. The normalized spacial score (nSPS) is 16.6. The Hall–Kier alpha value is -0.910. The van der Waals surface area contributed by atoms with Gasteiger partial charge < -0.3 is 0 Å². The topological polar surface area (TPSA) is 60.0 Å². The summed E-state index contributed by atoms with van der Waals surface area (Å²) in [5, 5.41) is 12.3. The van der Waals surface area contributed by atoms with Crippen LogP contribution in [0.5, 0.6) is 0 Å². The third kappa shape index (κ3) is 1.56. The largest absolute Gasteiger partial charge is 0.208 e. The molecule has 0 bridgehead atoms. The van der Waals surface area contributed by atoms with Crippen molar-refractivity contribution in [1.82, 2.24) is 0 Å². The maximum atomic E-state index is 8.85. The Morgan fingerprint density at radius 2 is 1.91 bits per heavy atom. The molecule has 0 fully saturated rings. The standard InChI is InChI=1S/C8H15N3/c1-5-8(6-9,11-10)7(2,3)4/h10H,5H2,1-4H3. The second kappa shape index (κ2) is 3.00. The molecule has 11 heavy (non-hydrogen) atoms. The lowest BCUT2D eigenvalue weighted by molar-refractivity contribution is 0.231. The van der Waals surface area contributed by atoms with Crippen molar-refractivity contribution in [2.24, 2.45) is 10.5 Å². The van der Waals surface area contributed by atoms with E-state index in [1.165, 1.54) is 0 Å². The van der Waals surface area contributed by atoms with Crippen LogP contribution in [0.3, 0.4) is 0 Å². The second-order valence-electron chi connectivity index (χ2n) is 3.69. The number of nitriles is 1. The Balaban J connectivity index is 4.89. The van der Waals surface area contributed by atoms with Crippen molar-refractivity contribution in [1.29, 1.82) is 10.8 Å². The highest BCUT2D eigenvalue weighted by molar-refractivity contribution is 5.12. The fourth-order valence-corrected chi connectivity index (χ4v) is 1.05. The van der Waals surface area contributed by atoms with Crippen LogP contribution in [0.15, 0.2) is 5.11 Å². The molecule has 0 aliphatic rings. The van der Waals surface area contributed by atoms with Gasteiger partial charge in [0.25, 0.3) is 0 Å². The van der Waals surface area contributed by atoms with Gasteiger partial charge in [0, 0.05) is 5.41 Å². The molecule has 3 heteroatoms. The summed E-state index contributed by atoms with van der Waals surface area (Å²) < 4.78 is 0. The monoisotopic (exact) mass is 153 g/mol. The average Bonchev–Trinajstić information content (AvgIpc) is 1.90. The van der Waals surface area contributed by atoms with Gasteiger partial charge in [-0.1, -0.05) is 27.7 Å². The van der Waals surface area contributed by atoms with Gasteiger partial charge in [-0.3, -0.25) is 0 Å². The fraction of sp³-hybridized carbons (Fsp3) is 0.875. The molecule has 0 radical (unpaired) electrons. The number of hydrogen-bond donors (Lipinski definition) is 1. The van der Waals surface area contributed by atoms with Crippen molar-refractivity contribution in [3.63, 3.8) is 0 Å². The quantitative estimate of drug-likeness (QED) is 0.609. The van der Waals surface area contributed by atoms with Crippen LogP contribution in [0.4, 0.5) is 0 Å². The van der Waals surface area contributed by atoms with Gasteiger partial charge in [0.05, 0.1) is 6.07 Å². The first kappa shape index (κ1) is 10.1. The van der Waals surface area contributed by atoms with E-state index in [4.69, 9.17) is 10.8 Å². The molecule has 0 aromatic carbocycles. The van der Waals surface area contributed by atoms with E-state index < -0.39 is 5.54 Å². The van der Waals surface area contributed by atoms with E-state index in [9.17, 15) is 0 Å². The number of nitrogens with one attached hydrogen (secondary N) is 1. The SMILES string of the molecule is CCC(C#N)(N=N)C(C)(C)C. The van der Waals surface area contributed by atoms with Crippen LogP contribution < -0.4 is 0 Å². The molecule has 1 N–H and O–H groups in total. The summed E-state index contributed by atoms with van der Waals surface area (Å²) in [6.45, 7) is 7.67.